The van der Waals surface area contributed by atoms with Gasteiger partial charge >= 0.3 is 0 Å². The predicted octanol–water partition coefficient (Wildman–Crippen LogP) is -5.47. The molecule has 0 aliphatic carbocycles. The first-order valence-electron chi connectivity index (χ1n) is 6.09. The van der Waals surface area contributed by atoms with Crippen molar-refractivity contribution in [1.29, 1.82) is 0 Å². The average Bonchev–Trinajstić information content (AvgIpc) is 2.50. The molecule has 0 bridgehead atoms. The molecule has 98 valence electrons. The first-order chi connectivity index (χ1) is 7.34. The van der Waals surface area contributed by atoms with E-state index < -0.39 is 0 Å². The predicted molar refractivity (Wildman–Crippen MR) is 61.9 cm³/mol. The van der Waals surface area contributed by atoms with Crippen LogP contribution < -0.4 is 35.4 Å². The first-order valence-corrected chi connectivity index (χ1v) is 6.09. The third-order valence-corrected chi connectivity index (χ3v) is 3.29. The quantitative estimate of drug-likeness (QED) is 0.541. The van der Waals surface area contributed by atoms with Crippen LogP contribution in [-0.4, -0.2) is 13.1 Å². The molecule has 0 spiro atoms. The van der Waals surface area contributed by atoms with E-state index in [-0.39, 0.29) is 24.8 Å². The van der Waals surface area contributed by atoms with Crippen LogP contribution in [0.3, 0.4) is 0 Å². The molecule has 0 saturated carbocycles. The molecule has 1 aromatic rings. The molecule has 0 radical (unpaired) electrons. The van der Waals surface area contributed by atoms with Crippen LogP contribution in [0, 0.1) is 0 Å². The van der Waals surface area contributed by atoms with Gasteiger partial charge in [-0.15, -0.1) is 0 Å². The van der Waals surface area contributed by atoms with Gasteiger partial charge in [-0.05, 0) is 49.9 Å². The second-order valence-electron chi connectivity index (χ2n) is 4.66. The summed E-state index contributed by atoms with van der Waals surface area (Å²) in [7, 11) is 0. The average molecular weight is 277 g/mol. The number of benzene rings is 1. The summed E-state index contributed by atoms with van der Waals surface area (Å²) in [6, 6.07) is 8.68. The number of quaternary nitrogens is 2. The third-order valence-electron chi connectivity index (χ3n) is 3.29. The Hall–Kier alpha value is -0.280. The van der Waals surface area contributed by atoms with E-state index in [9.17, 15) is 0 Å². The van der Waals surface area contributed by atoms with Gasteiger partial charge in [0.25, 0.3) is 0 Å². The van der Waals surface area contributed by atoms with Gasteiger partial charge in [0.2, 0.25) is 0 Å². The van der Waals surface area contributed by atoms with Crippen LogP contribution in [0.2, 0.25) is 0 Å². The SMILES string of the molecule is [Cl-].[Cl-].[NH3+]c1ccc(C[NH+]2CCCCCC2)cc1. The Morgan fingerprint density at radius 3 is 1.94 bits per heavy atom. The van der Waals surface area contributed by atoms with E-state index >= 15 is 0 Å². The fraction of sp³-hybridized carbons (Fsp3) is 0.538. The highest BCUT2D eigenvalue weighted by Gasteiger charge is 2.12. The van der Waals surface area contributed by atoms with Crippen molar-refractivity contribution in [3.8, 4) is 0 Å². The minimum absolute atomic E-state index is 0. The van der Waals surface area contributed by atoms with Gasteiger partial charge in [0.1, 0.15) is 12.2 Å². The number of halogens is 2. The summed E-state index contributed by atoms with van der Waals surface area (Å²) < 4.78 is 0. The molecule has 2 nitrogen and oxygen atoms in total. The lowest BCUT2D eigenvalue weighted by molar-refractivity contribution is -0.913. The molecule has 1 heterocycles. The summed E-state index contributed by atoms with van der Waals surface area (Å²) in [5.74, 6) is 0. The smallest absolute Gasteiger partial charge is 0.127 e. The standard InChI is InChI=1S/C13H20N2.2ClH/c14-13-7-5-12(6-8-13)11-15-9-3-1-2-4-10-15;;/h5-8H,1-4,9-11,14H2;2*1H. The second kappa shape index (κ2) is 8.76. The third kappa shape index (κ3) is 5.73. The molecule has 1 fully saturated rings. The summed E-state index contributed by atoms with van der Waals surface area (Å²) in [5.41, 5.74) is 6.49. The Bertz CT molecular complexity index is 293. The molecule has 0 atom stereocenters. The summed E-state index contributed by atoms with van der Waals surface area (Å²) in [5, 5.41) is 0. The van der Waals surface area contributed by atoms with Crippen molar-refractivity contribution in [2.45, 2.75) is 32.2 Å². The Morgan fingerprint density at radius 1 is 0.882 bits per heavy atom. The van der Waals surface area contributed by atoms with Crippen LogP contribution in [-0.2, 0) is 6.54 Å². The van der Waals surface area contributed by atoms with E-state index in [0.717, 1.165) is 5.69 Å². The van der Waals surface area contributed by atoms with Crippen molar-refractivity contribution in [1.82, 2.24) is 0 Å². The highest BCUT2D eigenvalue weighted by molar-refractivity contribution is 5.30. The molecule has 4 heteroatoms. The minimum Gasteiger partial charge on any atom is -1.00 e. The first kappa shape index (κ1) is 16.7. The zero-order valence-corrected chi connectivity index (χ0v) is 11.7. The monoisotopic (exact) mass is 276 g/mol. The molecule has 0 unspecified atom stereocenters. The van der Waals surface area contributed by atoms with E-state index in [2.05, 4.69) is 30.0 Å². The minimum atomic E-state index is 0. The number of likely N-dealkylation sites (tertiary alicyclic amines) is 1. The van der Waals surface area contributed by atoms with E-state index in [1.807, 2.05) is 0 Å². The molecule has 1 aromatic carbocycles. The number of rotatable bonds is 2. The van der Waals surface area contributed by atoms with Crippen LogP contribution in [0.15, 0.2) is 24.3 Å². The van der Waals surface area contributed by atoms with Crippen molar-refractivity contribution in [3.63, 3.8) is 0 Å². The lowest BCUT2D eigenvalue weighted by Crippen LogP contribution is -3.10. The Labute approximate surface area is 116 Å². The van der Waals surface area contributed by atoms with Gasteiger partial charge < -0.3 is 35.4 Å². The summed E-state index contributed by atoms with van der Waals surface area (Å²) >= 11 is 0. The Kier molecular flexibility index (Phi) is 8.61. The van der Waals surface area contributed by atoms with E-state index in [4.69, 9.17) is 0 Å². The van der Waals surface area contributed by atoms with Crippen molar-refractivity contribution >= 4 is 5.69 Å². The highest BCUT2D eigenvalue weighted by atomic mass is 35.5. The molecule has 17 heavy (non-hydrogen) atoms. The maximum atomic E-state index is 3.92. The van der Waals surface area contributed by atoms with Crippen LogP contribution >= 0.6 is 0 Å². The van der Waals surface area contributed by atoms with Crippen molar-refractivity contribution in [3.05, 3.63) is 29.8 Å². The van der Waals surface area contributed by atoms with E-state index in [1.165, 1.54) is 50.9 Å². The molecular formula is C13H22Cl2N2. The maximum Gasteiger partial charge on any atom is 0.127 e. The van der Waals surface area contributed by atoms with Gasteiger partial charge in [-0.25, -0.2) is 0 Å². The van der Waals surface area contributed by atoms with Crippen molar-refractivity contribution < 1.29 is 35.4 Å². The summed E-state index contributed by atoms with van der Waals surface area (Å²) in [6.07, 6.45) is 5.67. The number of nitrogens with one attached hydrogen (secondary N) is 1. The number of hydrogen-bond donors (Lipinski definition) is 2. The fourth-order valence-electron chi connectivity index (χ4n) is 2.35. The maximum absolute atomic E-state index is 3.92. The highest BCUT2D eigenvalue weighted by Crippen LogP contribution is 2.04. The Balaban J connectivity index is 0.00000128. The van der Waals surface area contributed by atoms with Gasteiger partial charge in [-0.2, -0.15) is 0 Å². The van der Waals surface area contributed by atoms with Crippen LogP contribution in [0.25, 0.3) is 0 Å². The van der Waals surface area contributed by atoms with Crippen LogP contribution in [0.4, 0.5) is 5.69 Å². The van der Waals surface area contributed by atoms with Gasteiger partial charge in [0.05, 0.1) is 13.1 Å². The van der Waals surface area contributed by atoms with E-state index in [0.29, 0.717) is 0 Å². The van der Waals surface area contributed by atoms with Crippen molar-refractivity contribution in [2.75, 3.05) is 13.1 Å². The van der Waals surface area contributed by atoms with Crippen molar-refractivity contribution in [2.24, 2.45) is 0 Å². The van der Waals surface area contributed by atoms with Crippen LogP contribution in [0.5, 0.6) is 0 Å². The molecular weight excluding hydrogens is 255 g/mol. The normalized spacial score (nSPS) is 16.5. The fourth-order valence-corrected chi connectivity index (χ4v) is 2.35. The molecule has 2 rings (SSSR count). The zero-order chi connectivity index (χ0) is 10.5. The molecule has 0 aromatic heterocycles. The largest absolute Gasteiger partial charge is 1.00 e. The van der Waals surface area contributed by atoms with Gasteiger partial charge in [0.15, 0.2) is 0 Å². The van der Waals surface area contributed by atoms with E-state index in [1.54, 1.807) is 4.90 Å². The second-order valence-corrected chi connectivity index (χ2v) is 4.66. The molecule has 1 saturated heterocycles. The molecule has 0 amide bonds. The van der Waals surface area contributed by atoms with Gasteiger partial charge in [0, 0.05) is 5.56 Å². The Morgan fingerprint density at radius 2 is 1.41 bits per heavy atom. The lowest BCUT2D eigenvalue weighted by Gasteiger charge is -2.16. The summed E-state index contributed by atoms with van der Waals surface area (Å²) in [4.78, 5) is 1.75. The molecule has 1 aliphatic heterocycles. The number of hydrogen-bond acceptors (Lipinski definition) is 0. The molecule has 4 N–H and O–H groups in total. The zero-order valence-electron chi connectivity index (χ0n) is 10.2. The topological polar surface area (TPSA) is 32.1 Å². The van der Waals surface area contributed by atoms with Gasteiger partial charge in [-0.1, -0.05) is 0 Å². The summed E-state index contributed by atoms with van der Waals surface area (Å²) in [6.45, 7) is 3.90. The van der Waals surface area contributed by atoms with Crippen LogP contribution in [0.1, 0.15) is 31.2 Å². The van der Waals surface area contributed by atoms with Gasteiger partial charge in [-0.3, -0.25) is 0 Å². The molecule has 1 aliphatic rings. The lowest BCUT2D eigenvalue weighted by atomic mass is 10.2.